The molecular weight excluding hydrogens is 472 g/mol. The molecular formula is C26H49N8OS+. The van der Waals surface area contributed by atoms with E-state index in [0.717, 1.165) is 70.5 Å². The fourth-order valence-corrected chi connectivity index (χ4v) is 5.61. The summed E-state index contributed by atoms with van der Waals surface area (Å²) in [5.74, 6) is 2.12. The molecule has 10 heteroatoms. The van der Waals surface area contributed by atoms with E-state index in [1.807, 2.05) is 9.00 Å². The molecule has 36 heavy (non-hydrogen) atoms. The summed E-state index contributed by atoms with van der Waals surface area (Å²) >= 11 is 4.73. The van der Waals surface area contributed by atoms with Crippen molar-refractivity contribution >= 4 is 24.7 Å². The van der Waals surface area contributed by atoms with Crippen molar-refractivity contribution in [3.05, 3.63) is 5.82 Å². The van der Waals surface area contributed by atoms with Crippen LogP contribution in [0.2, 0.25) is 0 Å². The largest absolute Gasteiger partial charge is 0.378 e. The average molecular weight is 522 g/mol. The lowest BCUT2D eigenvalue weighted by Gasteiger charge is -2.44. The molecule has 2 saturated heterocycles. The molecule has 0 bridgehead atoms. The fourth-order valence-electron chi connectivity index (χ4n) is 5.38. The Hall–Kier alpha value is -1.52. The van der Waals surface area contributed by atoms with Crippen LogP contribution in [0.15, 0.2) is 0 Å². The van der Waals surface area contributed by atoms with Crippen molar-refractivity contribution in [3.63, 3.8) is 0 Å². The molecule has 204 valence electrons. The van der Waals surface area contributed by atoms with Gasteiger partial charge in [0.15, 0.2) is 12.6 Å². The molecule has 2 fully saturated rings. The minimum absolute atomic E-state index is 0.0747. The Kier molecular flexibility index (Phi) is 9.60. The lowest BCUT2D eigenvalue weighted by Crippen LogP contribution is -2.60. The number of nitrogens with one attached hydrogen (secondary N) is 2. The molecule has 3 rings (SSSR count). The number of aromatic nitrogens is 3. The van der Waals surface area contributed by atoms with E-state index >= 15 is 0 Å². The van der Waals surface area contributed by atoms with Crippen molar-refractivity contribution in [1.82, 2.24) is 20.3 Å². The molecule has 0 spiro atoms. The summed E-state index contributed by atoms with van der Waals surface area (Å²) in [7, 11) is 0. The Morgan fingerprint density at radius 2 is 1.64 bits per heavy atom. The Labute approximate surface area is 223 Å². The van der Waals surface area contributed by atoms with Crippen LogP contribution in [0.5, 0.6) is 0 Å². The van der Waals surface area contributed by atoms with E-state index in [9.17, 15) is 0 Å². The standard InChI is InChI=1S/C26H49N8OS/c1-24(2,3)21-28-22(32-14-16-35-17-15-32)30-23(29-21)34(36)13-11-9-8-10-12-33(27)20-18-25(4,5)31-26(6,7)19-20/h20,27,31,36H,8-19H2,1-7H3/q+1. The number of morpholine rings is 1. The van der Waals surface area contributed by atoms with E-state index in [2.05, 4.69) is 58.7 Å². The summed E-state index contributed by atoms with van der Waals surface area (Å²) < 4.78 is 9.19. The first-order chi connectivity index (χ1) is 16.8. The Morgan fingerprint density at radius 1 is 1.03 bits per heavy atom. The second-order valence-electron chi connectivity index (χ2n) is 12.8. The van der Waals surface area contributed by atoms with Gasteiger partial charge in [-0.05, 0) is 40.5 Å². The highest BCUT2D eigenvalue weighted by Crippen LogP contribution is 2.30. The van der Waals surface area contributed by atoms with Gasteiger partial charge in [0.1, 0.15) is 5.82 Å². The van der Waals surface area contributed by atoms with E-state index in [1.54, 1.807) is 0 Å². The van der Waals surface area contributed by atoms with Crippen LogP contribution in [0.4, 0.5) is 11.9 Å². The number of unbranched alkanes of at least 4 members (excludes halogenated alkanes) is 3. The van der Waals surface area contributed by atoms with Gasteiger partial charge < -0.3 is 15.0 Å². The second kappa shape index (κ2) is 11.9. The van der Waals surface area contributed by atoms with Gasteiger partial charge in [-0.15, -0.1) is 4.70 Å². The minimum atomic E-state index is -0.172. The van der Waals surface area contributed by atoms with Gasteiger partial charge in [0.25, 0.3) is 0 Å². The number of piperidine rings is 1. The van der Waals surface area contributed by atoms with Crippen molar-refractivity contribution in [2.75, 3.05) is 48.6 Å². The topological polar surface area (TPSA) is 93.3 Å². The number of rotatable bonds is 10. The SMILES string of the molecule is CC1(C)CC([N+](=N)CCCCCCN(S)c2nc(N3CCOCC3)nc(C(C)(C)C)n2)CC(C)(C)N1. The van der Waals surface area contributed by atoms with Crippen LogP contribution in [0, 0.1) is 5.53 Å². The zero-order chi connectivity index (χ0) is 26.6. The summed E-state index contributed by atoms with van der Waals surface area (Å²) in [4.78, 5) is 16.4. The van der Waals surface area contributed by atoms with Crippen LogP contribution >= 0.6 is 12.8 Å². The monoisotopic (exact) mass is 521 g/mol. The van der Waals surface area contributed by atoms with Crippen LogP contribution in [0.25, 0.3) is 0 Å². The maximum atomic E-state index is 8.61. The second-order valence-corrected chi connectivity index (χ2v) is 13.3. The maximum absolute atomic E-state index is 8.61. The number of anilines is 2. The zero-order valence-corrected chi connectivity index (χ0v) is 24.5. The van der Waals surface area contributed by atoms with Crippen LogP contribution in [-0.2, 0) is 10.2 Å². The highest BCUT2D eigenvalue weighted by Gasteiger charge is 2.42. The van der Waals surface area contributed by atoms with E-state index in [-0.39, 0.29) is 16.5 Å². The molecule has 0 aliphatic carbocycles. The van der Waals surface area contributed by atoms with Gasteiger partial charge in [0.2, 0.25) is 11.9 Å². The molecule has 3 heterocycles. The van der Waals surface area contributed by atoms with Crippen molar-refractivity contribution in [3.8, 4) is 0 Å². The highest BCUT2D eigenvalue weighted by molar-refractivity contribution is 7.81. The predicted octanol–water partition coefficient (Wildman–Crippen LogP) is 4.57. The summed E-state index contributed by atoms with van der Waals surface area (Å²) in [6.07, 6.45) is 6.30. The third-order valence-electron chi connectivity index (χ3n) is 6.94. The molecule has 1 aromatic heterocycles. The molecule has 0 atom stereocenters. The van der Waals surface area contributed by atoms with E-state index in [0.29, 0.717) is 31.2 Å². The molecule has 1 aromatic rings. The van der Waals surface area contributed by atoms with Crippen LogP contribution < -0.4 is 14.5 Å². The Morgan fingerprint density at radius 3 is 2.25 bits per heavy atom. The quantitative estimate of drug-likeness (QED) is 0.180. The third-order valence-corrected chi connectivity index (χ3v) is 7.31. The fraction of sp³-hybridized carbons (Fsp3) is 0.885. The summed E-state index contributed by atoms with van der Waals surface area (Å²) in [5, 5.41) is 3.71. The van der Waals surface area contributed by atoms with Gasteiger partial charge in [0.05, 0.1) is 13.2 Å². The van der Waals surface area contributed by atoms with Crippen LogP contribution in [-0.4, -0.2) is 76.2 Å². The Balaban J connectivity index is 1.46. The van der Waals surface area contributed by atoms with Gasteiger partial charge >= 0.3 is 0 Å². The average Bonchev–Trinajstić information content (AvgIpc) is 2.78. The first-order valence-electron chi connectivity index (χ1n) is 13.6. The lowest BCUT2D eigenvalue weighted by atomic mass is 9.79. The van der Waals surface area contributed by atoms with Gasteiger partial charge in [-0.2, -0.15) is 15.0 Å². The zero-order valence-electron chi connectivity index (χ0n) is 23.6. The molecule has 0 unspecified atom stereocenters. The molecule has 2 aliphatic rings. The van der Waals surface area contributed by atoms with Crippen LogP contribution in [0.1, 0.15) is 92.8 Å². The van der Waals surface area contributed by atoms with E-state index in [4.69, 9.17) is 38.0 Å². The predicted molar refractivity (Wildman–Crippen MR) is 149 cm³/mol. The van der Waals surface area contributed by atoms with Crippen molar-refractivity contribution in [2.24, 2.45) is 0 Å². The van der Waals surface area contributed by atoms with Crippen molar-refractivity contribution in [2.45, 2.75) is 110 Å². The van der Waals surface area contributed by atoms with Gasteiger partial charge in [-0.3, -0.25) is 4.31 Å². The van der Waals surface area contributed by atoms with Crippen molar-refractivity contribution in [1.29, 1.82) is 5.53 Å². The lowest BCUT2D eigenvalue weighted by molar-refractivity contribution is -0.653. The Bertz CT molecular complexity index is 863. The summed E-state index contributed by atoms with van der Waals surface area (Å²) in [5.41, 5.74) is 8.58. The molecule has 0 amide bonds. The minimum Gasteiger partial charge on any atom is -0.378 e. The number of thiol groups is 1. The first kappa shape index (κ1) is 29.0. The summed E-state index contributed by atoms with van der Waals surface area (Å²) in [6.45, 7) is 19.9. The molecule has 2 N–H and O–H groups in total. The molecule has 9 nitrogen and oxygen atoms in total. The number of nitrogens with zero attached hydrogens (tertiary/aromatic N) is 6. The van der Waals surface area contributed by atoms with Gasteiger partial charge in [0, 0.05) is 55.4 Å². The number of hydrogen-bond donors (Lipinski definition) is 3. The van der Waals surface area contributed by atoms with Crippen LogP contribution in [0.3, 0.4) is 0 Å². The van der Waals surface area contributed by atoms with Gasteiger partial charge in [-0.25, -0.2) is 0 Å². The normalized spacial score (nSPS) is 20.4. The first-order valence-corrected chi connectivity index (χ1v) is 14.0. The van der Waals surface area contributed by atoms with E-state index < -0.39 is 0 Å². The molecule has 2 aliphatic heterocycles. The number of hydrogen-bond acceptors (Lipinski definition) is 9. The van der Waals surface area contributed by atoms with E-state index in [1.165, 1.54) is 0 Å². The molecule has 0 aromatic carbocycles. The van der Waals surface area contributed by atoms with Gasteiger partial charge in [-0.1, -0.05) is 45.5 Å². The smallest absolute Gasteiger partial charge is 0.240 e. The molecule has 0 radical (unpaired) electrons. The summed E-state index contributed by atoms with van der Waals surface area (Å²) in [6, 6.07) is 0.311. The van der Waals surface area contributed by atoms with Crippen molar-refractivity contribution < 1.29 is 9.43 Å². The number of ether oxygens (including phenoxy) is 1. The maximum Gasteiger partial charge on any atom is 0.240 e. The third kappa shape index (κ3) is 8.52. The molecule has 0 saturated carbocycles. The highest BCUT2D eigenvalue weighted by atomic mass is 32.1.